The third kappa shape index (κ3) is 15.5. The molecule has 0 spiro atoms. The lowest BCUT2D eigenvalue weighted by atomic mass is 9.35. The van der Waals surface area contributed by atoms with Gasteiger partial charge in [0.2, 0.25) is 0 Å². The molecule has 11 aliphatic rings. The summed E-state index contributed by atoms with van der Waals surface area (Å²) in [4.78, 5) is 8.31. The van der Waals surface area contributed by atoms with E-state index in [0.29, 0.717) is 5.92 Å². The van der Waals surface area contributed by atoms with Crippen molar-refractivity contribution in [1.82, 2.24) is 0 Å². The van der Waals surface area contributed by atoms with Gasteiger partial charge in [0, 0.05) is 56.4 Å². The highest BCUT2D eigenvalue weighted by Gasteiger charge is 2.56. The highest BCUT2D eigenvalue weighted by atomic mass is 16.3. The van der Waals surface area contributed by atoms with Gasteiger partial charge in [-0.25, -0.2) is 0 Å². The van der Waals surface area contributed by atoms with Crippen molar-refractivity contribution >= 4 is 120 Å². The van der Waals surface area contributed by atoms with Crippen LogP contribution >= 0.6 is 0 Å². The Balaban J connectivity index is 0.664. The molecule has 2 aromatic heterocycles. The van der Waals surface area contributed by atoms with E-state index in [4.69, 9.17) is 8.83 Å². The predicted molar refractivity (Wildman–Crippen MR) is 640 cm³/mol. The van der Waals surface area contributed by atoms with Gasteiger partial charge in [0.1, 0.15) is 11.2 Å². The summed E-state index contributed by atoms with van der Waals surface area (Å²) in [5.41, 5.74) is 51.3. The van der Waals surface area contributed by atoms with Gasteiger partial charge in [-0.15, -0.1) is 0 Å². The fourth-order valence-corrected chi connectivity index (χ4v) is 30.9. The van der Waals surface area contributed by atoms with Crippen molar-refractivity contribution in [1.29, 1.82) is 0 Å². The maximum atomic E-state index is 8.17. The van der Waals surface area contributed by atoms with Crippen molar-refractivity contribution in [3.8, 4) is 11.1 Å². The average Bonchev–Trinajstić information content (AvgIpc) is 1.58. The molecule has 0 saturated carbocycles. The van der Waals surface area contributed by atoms with Crippen LogP contribution in [-0.2, 0) is 87.6 Å². The number of rotatable bonds is 10. The summed E-state index contributed by atoms with van der Waals surface area (Å²) in [6.45, 7) is 84.6. The summed E-state index contributed by atoms with van der Waals surface area (Å²) < 4.78 is 16.2. The Morgan fingerprint density at radius 2 is 0.738 bits per heavy atom. The predicted octanol–water partition coefficient (Wildman–Crippen LogP) is 35.3. The lowest BCUT2D eigenvalue weighted by Gasteiger charge is -2.49. The topological polar surface area (TPSA) is 36.0 Å². The Morgan fingerprint density at radius 3 is 1.25 bits per heavy atom. The van der Waals surface area contributed by atoms with Crippen molar-refractivity contribution < 1.29 is 8.83 Å². The molecule has 149 heavy (non-hydrogen) atoms. The van der Waals surface area contributed by atoms with E-state index in [0.717, 1.165) is 106 Å². The molecule has 0 saturated heterocycles. The first kappa shape index (κ1) is 100. The van der Waals surface area contributed by atoms with Crippen LogP contribution in [0.2, 0.25) is 0 Å². The lowest BCUT2D eigenvalue weighted by molar-refractivity contribution is 0.238. The van der Waals surface area contributed by atoms with Gasteiger partial charge in [-0.1, -0.05) is 349 Å². The van der Waals surface area contributed by atoms with E-state index in [9.17, 15) is 0 Å². The summed E-state index contributed by atoms with van der Waals surface area (Å²) in [6.07, 6.45) is 26.2. The fraction of sp³-hybridized carbons (Fsp3) is 0.479. The number of aryl methyl sites for hydroxylation is 1. The number of fused-ring (bicyclic) bond motifs is 18. The van der Waals surface area contributed by atoms with E-state index < -0.39 is 0 Å². The van der Waals surface area contributed by atoms with Gasteiger partial charge in [0.15, 0.2) is 0 Å². The third-order valence-corrected chi connectivity index (χ3v) is 41.9. The fourth-order valence-electron chi connectivity index (χ4n) is 30.9. The van der Waals surface area contributed by atoms with Crippen molar-refractivity contribution in [2.75, 3.05) is 14.7 Å². The monoisotopic (exact) mass is 1970 g/mol. The Morgan fingerprint density at radius 1 is 0.322 bits per heavy atom. The number of hydrogen-bond acceptors (Lipinski definition) is 5. The van der Waals surface area contributed by atoms with Crippen molar-refractivity contribution in [2.45, 2.75) is 431 Å². The van der Waals surface area contributed by atoms with Gasteiger partial charge in [-0.3, -0.25) is 0 Å². The molecule has 0 fully saturated rings. The van der Waals surface area contributed by atoms with Gasteiger partial charge < -0.3 is 23.5 Å². The summed E-state index contributed by atoms with van der Waals surface area (Å²) in [5.74, 6) is 0.964. The minimum Gasteiger partial charge on any atom is -0.468 e. The summed E-state index contributed by atoms with van der Waals surface area (Å²) in [5, 5.41) is 2.44. The highest BCUT2D eigenvalue weighted by molar-refractivity contribution is 7.00. The number of allylic oxidation sites excluding steroid dienone is 4. The molecule has 4 aliphatic heterocycles. The first-order valence-corrected chi connectivity index (χ1v) is 57.9. The SMILES string of the molecule is Cc1cc2c3c(c1)N(c1ccc4c(c1)C(C)(C)CCC4(C)CCC1(C)CCC(C)(C)c4cc(N5c6ccc(C(C)(C)C)cc6B6c7oc8cc9c(cc8c7N(c7ccc8c(c7)C(C)(C)CCC8(C)C)c7cc(C(C)(C)C)cc5c76)C(C)(C)CCC9(C)C)c(-c5ccccc5)cc41)c1c(oc4cc5c(cc14)C(C)(C)CCC5(C)C)B3c1cc(C(C)(C)C)ccc1C(Cc1cc3c(cc1C1C=CC=CC1C)C(C)(C)CCC3(C)C)[C@H]2C. The minimum atomic E-state index is -0.239. The van der Waals surface area contributed by atoms with E-state index >= 15 is 0 Å². The molecule has 13 aromatic rings. The Labute approximate surface area is 896 Å². The molecule has 0 N–H and O–H groups in total. The number of hydrogen-bond donors (Lipinski definition) is 0. The largest absolute Gasteiger partial charge is 0.468 e. The molecule has 6 atom stereocenters. The van der Waals surface area contributed by atoms with Crippen LogP contribution in [-0.4, -0.2) is 13.4 Å². The highest BCUT2D eigenvalue weighted by Crippen LogP contribution is 2.63. The summed E-state index contributed by atoms with van der Waals surface area (Å²) >= 11 is 0. The molecule has 770 valence electrons. The molecule has 0 radical (unpaired) electrons. The van der Waals surface area contributed by atoms with Gasteiger partial charge in [-0.05, 0) is 420 Å². The van der Waals surface area contributed by atoms with Crippen LogP contribution in [0.3, 0.4) is 0 Å². The van der Waals surface area contributed by atoms with Crippen LogP contribution in [0.5, 0.6) is 0 Å². The molecule has 5 unspecified atom stereocenters. The van der Waals surface area contributed by atoms with E-state index in [2.05, 4.69) is 450 Å². The van der Waals surface area contributed by atoms with Gasteiger partial charge in [0.05, 0.1) is 28.4 Å². The van der Waals surface area contributed by atoms with Crippen LogP contribution in [0.15, 0.2) is 209 Å². The number of nitrogens with zero attached hydrogens (tertiary/aromatic N) is 3. The van der Waals surface area contributed by atoms with E-state index in [-0.39, 0.29) is 112 Å². The van der Waals surface area contributed by atoms with Crippen LogP contribution in [0.25, 0.3) is 33.1 Å². The zero-order valence-corrected chi connectivity index (χ0v) is 97.3. The Hall–Kier alpha value is -10.5. The summed E-state index contributed by atoms with van der Waals surface area (Å²) in [6, 6.07) is 74.5. The van der Waals surface area contributed by atoms with Crippen LogP contribution < -0.4 is 47.9 Å². The number of anilines is 9. The van der Waals surface area contributed by atoms with Crippen molar-refractivity contribution in [2.24, 2.45) is 5.92 Å². The second-order valence-electron chi connectivity index (χ2n) is 59.9. The van der Waals surface area contributed by atoms with Crippen molar-refractivity contribution in [3.05, 3.63) is 311 Å². The quantitative estimate of drug-likeness (QED) is 0.128. The molecule has 24 rings (SSSR count). The van der Waals surface area contributed by atoms with E-state index in [1.165, 1.54) is 208 Å². The molecule has 7 aliphatic carbocycles. The Bertz CT molecular complexity index is 7880. The molecule has 0 amide bonds. The van der Waals surface area contributed by atoms with Crippen LogP contribution in [0, 0.1) is 12.8 Å². The zero-order valence-electron chi connectivity index (χ0n) is 97.3. The Kier molecular flexibility index (Phi) is 22.1. The van der Waals surface area contributed by atoms with E-state index in [1.54, 1.807) is 11.1 Å². The minimum absolute atomic E-state index is 0.0151. The number of furan rings is 2. The maximum absolute atomic E-state index is 8.17. The second kappa shape index (κ2) is 32.8. The number of benzene rings is 11. The van der Waals surface area contributed by atoms with Gasteiger partial charge >= 0.3 is 0 Å². The van der Waals surface area contributed by atoms with Gasteiger partial charge in [0.25, 0.3) is 13.4 Å². The molecule has 11 aromatic carbocycles. The van der Waals surface area contributed by atoms with Crippen molar-refractivity contribution in [3.63, 3.8) is 0 Å². The molecule has 5 nitrogen and oxygen atoms in total. The second-order valence-corrected chi connectivity index (χ2v) is 59.9. The zero-order chi connectivity index (χ0) is 106. The first-order valence-electron chi connectivity index (χ1n) is 57.9. The molecule has 6 heterocycles. The van der Waals surface area contributed by atoms with Gasteiger partial charge in [-0.2, -0.15) is 0 Å². The van der Waals surface area contributed by atoms with Crippen LogP contribution in [0.4, 0.5) is 51.2 Å². The third-order valence-electron chi connectivity index (χ3n) is 41.9. The van der Waals surface area contributed by atoms with E-state index in [1.807, 2.05) is 0 Å². The molecule has 7 heteroatoms. The smallest absolute Gasteiger partial charge is 0.297 e. The molecular weight excluding hydrogens is 1800 g/mol. The summed E-state index contributed by atoms with van der Waals surface area (Å²) in [7, 11) is 0. The average molecular weight is 1970 g/mol. The molecule has 0 bridgehead atoms. The maximum Gasteiger partial charge on any atom is 0.297 e. The first-order chi connectivity index (χ1) is 69.6. The van der Waals surface area contributed by atoms with Crippen LogP contribution in [0.1, 0.15) is 447 Å². The standard InChI is InChI=1S/C142H169B2N3O2/c1-83-66-96-85(3)95(68-87-69-103-106(134(19,20)55-54-132(103,15)16)76-97(87)93-43-39-38-40-84(93)2)94-48-44-88(128(4,5)6)70-113(94)143-122(96)117(67-83)145(124-99-78-107-110(81-120(99)148-126(124)143)137(25,26)58-56-135(107,21)22)92-47-50-102-105(75-92)139(29,30)60-62-141(102,33)64-65-142(34)63-61-140(31,32)109-80-116(98(77-112(109)142)86-41-36-35-37-42-86)147-115-51-45-89(129(7,8)9)71-114(115)144-123-118(72-90(73-119(123)147)130(10,11)12)146(91-46-49-101-104(74-91)133(17,18)53-52-131(101,13)14)125-100-79-108-111(82-121(100)149-127(125)144)138(27,28)59-57-136(108,23)24/h35-51,66-67,69-82,84-85,93,95H,52-65,68H2,1-34H3/t84?,85-,93?,95?,141?,142?/m1/s1. The lowest BCUT2D eigenvalue weighted by Crippen LogP contribution is -2.61. The molecular formula is C142H169B2N3O2. The normalized spacial score (nSPS) is 24.0.